The molecule has 0 N–H and O–H groups in total. The molecule has 3 rings (SSSR count). The minimum absolute atomic E-state index is 0. The standard InChI is InChI=1S/C17H15NO.HI/c1-18-10-9-15(16-7-2-3-8-17(16)18)14-6-4-5-13(11-14)12-19;/h2-9,11-12H,10H2,1H3;1H. The Balaban J connectivity index is 0.00000147. The molecule has 1 heterocycles. The second-order valence-electron chi connectivity index (χ2n) is 4.76. The van der Waals surface area contributed by atoms with Crippen molar-refractivity contribution in [2.75, 3.05) is 18.5 Å². The number of hydrogen-bond donors (Lipinski definition) is 0. The van der Waals surface area contributed by atoms with E-state index < -0.39 is 0 Å². The minimum atomic E-state index is 0. The molecule has 0 aromatic heterocycles. The molecule has 0 saturated carbocycles. The number of hydrogen-bond acceptors (Lipinski definition) is 2. The number of para-hydroxylation sites is 1. The predicted molar refractivity (Wildman–Crippen MR) is 94.0 cm³/mol. The quantitative estimate of drug-likeness (QED) is 0.583. The monoisotopic (exact) mass is 377 g/mol. The van der Waals surface area contributed by atoms with Gasteiger partial charge in [-0.15, -0.1) is 24.0 Å². The van der Waals surface area contributed by atoms with E-state index in [0.717, 1.165) is 24.0 Å². The largest absolute Gasteiger partial charge is 0.370 e. The molecule has 1 aliphatic heterocycles. The Morgan fingerprint density at radius 2 is 1.90 bits per heavy atom. The molecule has 0 unspecified atom stereocenters. The third-order valence-corrected chi connectivity index (χ3v) is 3.51. The average molecular weight is 377 g/mol. The molecule has 2 nitrogen and oxygen atoms in total. The first kappa shape index (κ1) is 14.8. The van der Waals surface area contributed by atoms with Crippen molar-refractivity contribution in [1.29, 1.82) is 0 Å². The third kappa shape index (κ3) is 2.63. The van der Waals surface area contributed by atoms with Crippen molar-refractivity contribution < 1.29 is 4.79 Å². The number of benzene rings is 2. The highest BCUT2D eigenvalue weighted by atomic mass is 127. The molecule has 0 aliphatic carbocycles. The zero-order valence-corrected chi connectivity index (χ0v) is 13.6. The SMILES string of the molecule is CN1CC=C(c2cccc(C=O)c2)c2ccccc21.I. The average Bonchev–Trinajstić information content (AvgIpc) is 2.48. The summed E-state index contributed by atoms with van der Waals surface area (Å²) in [4.78, 5) is 13.1. The third-order valence-electron chi connectivity index (χ3n) is 3.51. The Morgan fingerprint density at radius 1 is 1.10 bits per heavy atom. The Hall–Kier alpha value is -1.62. The van der Waals surface area contributed by atoms with Crippen molar-refractivity contribution in [1.82, 2.24) is 0 Å². The zero-order chi connectivity index (χ0) is 13.2. The van der Waals surface area contributed by atoms with Gasteiger partial charge in [0.2, 0.25) is 0 Å². The Labute approximate surface area is 136 Å². The number of nitrogens with zero attached hydrogens (tertiary/aromatic N) is 1. The summed E-state index contributed by atoms with van der Waals surface area (Å²) in [6, 6.07) is 16.1. The lowest BCUT2D eigenvalue weighted by molar-refractivity contribution is 0.112. The summed E-state index contributed by atoms with van der Waals surface area (Å²) in [5.41, 5.74) is 5.48. The zero-order valence-electron chi connectivity index (χ0n) is 11.2. The van der Waals surface area contributed by atoms with E-state index in [2.05, 4.69) is 48.4 Å². The normalized spacial score (nSPS) is 13.1. The fraction of sp³-hybridized carbons (Fsp3) is 0.118. The Kier molecular flexibility index (Phi) is 4.60. The topological polar surface area (TPSA) is 20.3 Å². The van der Waals surface area contributed by atoms with E-state index in [1.807, 2.05) is 18.2 Å². The van der Waals surface area contributed by atoms with E-state index in [9.17, 15) is 4.79 Å². The van der Waals surface area contributed by atoms with E-state index in [-0.39, 0.29) is 24.0 Å². The van der Waals surface area contributed by atoms with E-state index in [1.165, 1.54) is 16.8 Å². The molecule has 0 atom stereocenters. The van der Waals surface area contributed by atoms with Crippen LogP contribution in [0.15, 0.2) is 54.6 Å². The van der Waals surface area contributed by atoms with E-state index >= 15 is 0 Å². The molecule has 102 valence electrons. The number of anilines is 1. The highest BCUT2D eigenvalue weighted by Gasteiger charge is 2.16. The number of carbonyl (C=O) groups is 1. The van der Waals surface area contributed by atoms with Gasteiger partial charge in [0.05, 0.1) is 0 Å². The van der Waals surface area contributed by atoms with Crippen LogP contribution in [0.4, 0.5) is 5.69 Å². The number of fused-ring (bicyclic) bond motifs is 1. The first-order valence-corrected chi connectivity index (χ1v) is 6.36. The molecule has 20 heavy (non-hydrogen) atoms. The summed E-state index contributed by atoms with van der Waals surface area (Å²) < 4.78 is 0. The van der Waals surface area contributed by atoms with Gasteiger partial charge in [-0.1, -0.05) is 42.5 Å². The van der Waals surface area contributed by atoms with E-state index in [4.69, 9.17) is 0 Å². The van der Waals surface area contributed by atoms with Crippen LogP contribution in [0.2, 0.25) is 0 Å². The van der Waals surface area contributed by atoms with E-state index in [0.29, 0.717) is 0 Å². The number of aldehydes is 1. The van der Waals surface area contributed by atoms with Gasteiger partial charge in [0, 0.05) is 30.4 Å². The molecular weight excluding hydrogens is 361 g/mol. The van der Waals surface area contributed by atoms with Gasteiger partial charge in [0.25, 0.3) is 0 Å². The van der Waals surface area contributed by atoms with Crippen LogP contribution >= 0.6 is 24.0 Å². The van der Waals surface area contributed by atoms with Crippen LogP contribution < -0.4 is 4.90 Å². The highest BCUT2D eigenvalue weighted by Crippen LogP contribution is 2.34. The van der Waals surface area contributed by atoms with Gasteiger partial charge >= 0.3 is 0 Å². The number of carbonyl (C=O) groups excluding carboxylic acids is 1. The number of likely N-dealkylation sites (N-methyl/N-ethyl adjacent to an activating group) is 1. The van der Waals surface area contributed by atoms with Gasteiger partial charge in [0.1, 0.15) is 6.29 Å². The summed E-state index contributed by atoms with van der Waals surface area (Å²) in [5, 5.41) is 0. The van der Waals surface area contributed by atoms with Crippen molar-refractivity contribution in [2.24, 2.45) is 0 Å². The highest BCUT2D eigenvalue weighted by molar-refractivity contribution is 14.0. The maximum absolute atomic E-state index is 10.9. The molecule has 1 aliphatic rings. The summed E-state index contributed by atoms with van der Waals surface area (Å²) >= 11 is 0. The number of halogens is 1. The van der Waals surface area contributed by atoms with Crippen LogP contribution in [0.25, 0.3) is 5.57 Å². The first-order valence-electron chi connectivity index (χ1n) is 6.36. The molecule has 3 heteroatoms. The van der Waals surface area contributed by atoms with Crippen LogP contribution in [0.5, 0.6) is 0 Å². The second kappa shape index (κ2) is 6.22. The molecule has 0 spiro atoms. The van der Waals surface area contributed by atoms with Crippen LogP contribution in [-0.2, 0) is 0 Å². The predicted octanol–water partition coefficient (Wildman–Crippen LogP) is 4.00. The fourth-order valence-electron chi connectivity index (χ4n) is 2.52. The molecule has 0 amide bonds. The lowest BCUT2D eigenvalue weighted by Crippen LogP contribution is -2.22. The van der Waals surface area contributed by atoms with Crippen LogP contribution in [0, 0.1) is 0 Å². The summed E-state index contributed by atoms with van der Waals surface area (Å²) in [7, 11) is 2.09. The molecule has 2 aromatic carbocycles. The lowest BCUT2D eigenvalue weighted by atomic mass is 9.92. The van der Waals surface area contributed by atoms with Crippen molar-refractivity contribution in [3.63, 3.8) is 0 Å². The van der Waals surface area contributed by atoms with Gasteiger partial charge in [-0.3, -0.25) is 4.79 Å². The lowest BCUT2D eigenvalue weighted by Gasteiger charge is -2.27. The van der Waals surface area contributed by atoms with Crippen LogP contribution in [0.1, 0.15) is 21.5 Å². The van der Waals surface area contributed by atoms with Crippen LogP contribution in [0.3, 0.4) is 0 Å². The molecular formula is C17H16INO. The minimum Gasteiger partial charge on any atom is -0.370 e. The van der Waals surface area contributed by atoms with Gasteiger partial charge in [-0.05, 0) is 23.3 Å². The second-order valence-corrected chi connectivity index (χ2v) is 4.76. The van der Waals surface area contributed by atoms with Crippen molar-refractivity contribution in [3.05, 3.63) is 71.3 Å². The van der Waals surface area contributed by atoms with Crippen molar-refractivity contribution in [3.8, 4) is 0 Å². The summed E-state index contributed by atoms with van der Waals surface area (Å²) in [6.45, 7) is 0.887. The van der Waals surface area contributed by atoms with Crippen LogP contribution in [-0.4, -0.2) is 19.9 Å². The van der Waals surface area contributed by atoms with Crippen molar-refractivity contribution >= 4 is 41.5 Å². The Morgan fingerprint density at radius 3 is 2.70 bits per heavy atom. The maximum atomic E-state index is 10.9. The van der Waals surface area contributed by atoms with Gasteiger partial charge in [-0.2, -0.15) is 0 Å². The molecule has 0 saturated heterocycles. The maximum Gasteiger partial charge on any atom is 0.150 e. The molecule has 0 bridgehead atoms. The molecule has 2 aromatic rings. The fourth-order valence-corrected chi connectivity index (χ4v) is 2.52. The van der Waals surface area contributed by atoms with Gasteiger partial charge < -0.3 is 4.90 Å². The summed E-state index contributed by atoms with van der Waals surface area (Å²) in [5.74, 6) is 0. The smallest absolute Gasteiger partial charge is 0.150 e. The van der Waals surface area contributed by atoms with Gasteiger partial charge in [0.15, 0.2) is 0 Å². The van der Waals surface area contributed by atoms with Crippen molar-refractivity contribution in [2.45, 2.75) is 0 Å². The first-order chi connectivity index (χ1) is 9.29. The number of rotatable bonds is 2. The van der Waals surface area contributed by atoms with Gasteiger partial charge in [-0.25, -0.2) is 0 Å². The Bertz CT molecular complexity index is 664. The summed E-state index contributed by atoms with van der Waals surface area (Å²) in [6.07, 6.45) is 3.11. The molecule has 0 radical (unpaired) electrons. The van der Waals surface area contributed by atoms with E-state index in [1.54, 1.807) is 0 Å². The molecule has 0 fully saturated rings.